The Balaban J connectivity index is 2.65. The highest BCUT2D eigenvalue weighted by atomic mass is 14.6. The Hall–Kier alpha value is -2.20. The molecule has 15 heavy (non-hydrogen) atoms. The lowest BCUT2D eigenvalue weighted by molar-refractivity contribution is 1.58. The Morgan fingerprint density at radius 2 is 1.67 bits per heavy atom. The average molecular weight is 193 g/mol. The Morgan fingerprint density at radius 1 is 0.933 bits per heavy atom. The SMILES string of the molecule is C#Cc1c(N)cccc1-c1ccccc1. The Kier molecular flexibility index (Phi) is 2.43. The first kappa shape index (κ1) is 9.36. The molecule has 0 saturated heterocycles. The summed E-state index contributed by atoms with van der Waals surface area (Å²) in [4.78, 5) is 0. The first-order valence-corrected chi connectivity index (χ1v) is 4.73. The second-order valence-electron chi connectivity index (χ2n) is 3.28. The summed E-state index contributed by atoms with van der Waals surface area (Å²) in [5.74, 6) is 2.64. The molecular formula is C14H11N. The number of benzene rings is 2. The third-order valence-electron chi connectivity index (χ3n) is 2.33. The fourth-order valence-electron chi connectivity index (χ4n) is 1.59. The van der Waals surface area contributed by atoms with Gasteiger partial charge in [0.1, 0.15) is 0 Å². The monoisotopic (exact) mass is 193 g/mol. The van der Waals surface area contributed by atoms with Gasteiger partial charge < -0.3 is 5.73 Å². The van der Waals surface area contributed by atoms with Crippen LogP contribution in [0.4, 0.5) is 5.69 Å². The topological polar surface area (TPSA) is 26.0 Å². The van der Waals surface area contributed by atoms with Gasteiger partial charge in [0.15, 0.2) is 0 Å². The van der Waals surface area contributed by atoms with E-state index in [9.17, 15) is 0 Å². The third kappa shape index (κ3) is 1.70. The zero-order chi connectivity index (χ0) is 10.7. The largest absolute Gasteiger partial charge is 0.398 e. The van der Waals surface area contributed by atoms with Gasteiger partial charge >= 0.3 is 0 Å². The van der Waals surface area contributed by atoms with E-state index in [-0.39, 0.29) is 0 Å². The van der Waals surface area contributed by atoms with Crippen LogP contribution in [0.1, 0.15) is 5.56 Å². The molecule has 2 aromatic carbocycles. The van der Waals surface area contributed by atoms with Gasteiger partial charge in [0, 0.05) is 5.69 Å². The maximum Gasteiger partial charge on any atom is 0.0550 e. The summed E-state index contributed by atoms with van der Waals surface area (Å²) >= 11 is 0. The summed E-state index contributed by atoms with van der Waals surface area (Å²) in [6, 6.07) is 15.7. The van der Waals surface area contributed by atoms with Crippen molar-refractivity contribution in [3.8, 4) is 23.5 Å². The van der Waals surface area contributed by atoms with Crippen LogP contribution in [0.15, 0.2) is 48.5 Å². The Labute approximate surface area is 89.6 Å². The van der Waals surface area contributed by atoms with E-state index in [4.69, 9.17) is 12.2 Å². The maximum atomic E-state index is 5.83. The number of rotatable bonds is 1. The molecule has 1 nitrogen and oxygen atoms in total. The van der Waals surface area contributed by atoms with Crippen LogP contribution in [0.5, 0.6) is 0 Å². The Bertz CT molecular complexity index is 507. The highest BCUT2D eigenvalue weighted by Crippen LogP contribution is 2.26. The number of hydrogen-bond donors (Lipinski definition) is 1. The fraction of sp³-hybridized carbons (Fsp3) is 0. The maximum absolute atomic E-state index is 5.83. The summed E-state index contributed by atoms with van der Waals surface area (Å²) < 4.78 is 0. The number of nitrogen functional groups attached to an aromatic ring is 1. The molecule has 0 fully saturated rings. The van der Waals surface area contributed by atoms with Crippen molar-refractivity contribution in [2.75, 3.05) is 5.73 Å². The molecule has 0 amide bonds. The predicted octanol–water partition coefficient (Wildman–Crippen LogP) is 2.92. The molecule has 0 unspecified atom stereocenters. The molecule has 0 bridgehead atoms. The van der Waals surface area contributed by atoms with E-state index in [1.54, 1.807) is 0 Å². The van der Waals surface area contributed by atoms with Gasteiger partial charge in [-0.25, -0.2) is 0 Å². The number of anilines is 1. The van der Waals surface area contributed by atoms with E-state index in [0.29, 0.717) is 5.69 Å². The van der Waals surface area contributed by atoms with Gasteiger partial charge in [-0.3, -0.25) is 0 Å². The second kappa shape index (κ2) is 3.89. The van der Waals surface area contributed by atoms with Crippen molar-refractivity contribution >= 4 is 5.69 Å². The van der Waals surface area contributed by atoms with Crippen LogP contribution >= 0.6 is 0 Å². The van der Waals surface area contributed by atoms with Crippen LogP contribution in [0.25, 0.3) is 11.1 Å². The van der Waals surface area contributed by atoms with E-state index in [2.05, 4.69) is 5.92 Å². The minimum atomic E-state index is 0.652. The van der Waals surface area contributed by atoms with Crippen LogP contribution in [0.2, 0.25) is 0 Å². The van der Waals surface area contributed by atoms with E-state index >= 15 is 0 Å². The normalized spacial score (nSPS) is 9.53. The van der Waals surface area contributed by atoms with Crippen molar-refractivity contribution in [2.24, 2.45) is 0 Å². The molecule has 0 aliphatic carbocycles. The molecule has 0 radical (unpaired) electrons. The molecule has 72 valence electrons. The molecule has 1 heteroatoms. The van der Waals surface area contributed by atoms with Crippen molar-refractivity contribution in [2.45, 2.75) is 0 Å². The summed E-state index contributed by atoms with van der Waals surface area (Å²) in [5.41, 5.74) is 9.35. The van der Waals surface area contributed by atoms with Crippen LogP contribution in [-0.2, 0) is 0 Å². The molecule has 0 saturated carbocycles. The summed E-state index contributed by atoms with van der Waals surface area (Å²) in [7, 11) is 0. The van der Waals surface area contributed by atoms with Crippen molar-refractivity contribution in [1.82, 2.24) is 0 Å². The van der Waals surface area contributed by atoms with E-state index in [1.807, 2.05) is 48.5 Å². The van der Waals surface area contributed by atoms with E-state index in [0.717, 1.165) is 16.7 Å². The van der Waals surface area contributed by atoms with Crippen molar-refractivity contribution in [1.29, 1.82) is 0 Å². The van der Waals surface area contributed by atoms with Crippen molar-refractivity contribution < 1.29 is 0 Å². The lowest BCUT2D eigenvalue weighted by Crippen LogP contribution is -1.92. The minimum absolute atomic E-state index is 0.652. The quantitative estimate of drug-likeness (QED) is 0.547. The van der Waals surface area contributed by atoms with Gasteiger partial charge in [0.25, 0.3) is 0 Å². The fourth-order valence-corrected chi connectivity index (χ4v) is 1.59. The van der Waals surface area contributed by atoms with Crippen LogP contribution in [0.3, 0.4) is 0 Å². The van der Waals surface area contributed by atoms with Gasteiger partial charge in [-0.1, -0.05) is 48.4 Å². The molecule has 0 spiro atoms. The molecule has 0 aliphatic heterocycles. The zero-order valence-electron chi connectivity index (χ0n) is 8.27. The molecule has 2 N–H and O–H groups in total. The standard InChI is InChI=1S/C14H11N/c1-2-12-13(9-6-10-14(12)15)11-7-4-3-5-8-11/h1,3-10H,15H2. The highest BCUT2D eigenvalue weighted by molar-refractivity contribution is 5.77. The molecule has 2 rings (SSSR count). The third-order valence-corrected chi connectivity index (χ3v) is 2.33. The van der Waals surface area contributed by atoms with Gasteiger partial charge in [-0.05, 0) is 17.2 Å². The highest BCUT2D eigenvalue weighted by Gasteiger charge is 2.04. The summed E-state index contributed by atoms with van der Waals surface area (Å²) in [6.07, 6.45) is 5.46. The lowest BCUT2D eigenvalue weighted by atomic mass is 9.99. The molecular weight excluding hydrogens is 182 g/mol. The van der Waals surface area contributed by atoms with Crippen LogP contribution < -0.4 is 5.73 Å². The number of hydrogen-bond acceptors (Lipinski definition) is 1. The van der Waals surface area contributed by atoms with Crippen molar-refractivity contribution in [3.63, 3.8) is 0 Å². The smallest absolute Gasteiger partial charge is 0.0550 e. The number of nitrogens with two attached hydrogens (primary N) is 1. The molecule has 0 aromatic heterocycles. The van der Waals surface area contributed by atoms with Gasteiger partial charge in [0.2, 0.25) is 0 Å². The first-order valence-electron chi connectivity index (χ1n) is 4.73. The van der Waals surface area contributed by atoms with E-state index < -0.39 is 0 Å². The zero-order valence-corrected chi connectivity index (χ0v) is 8.27. The van der Waals surface area contributed by atoms with Gasteiger partial charge in [0.05, 0.1) is 5.56 Å². The second-order valence-corrected chi connectivity index (χ2v) is 3.28. The van der Waals surface area contributed by atoms with Crippen LogP contribution in [0, 0.1) is 12.3 Å². The van der Waals surface area contributed by atoms with Crippen molar-refractivity contribution in [3.05, 3.63) is 54.1 Å². The molecule has 0 heterocycles. The molecule has 2 aromatic rings. The minimum Gasteiger partial charge on any atom is -0.398 e. The Morgan fingerprint density at radius 3 is 2.33 bits per heavy atom. The lowest BCUT2D eigenvalue weighted by Gasteiger charge is -2.06. The predicted molar refractivity (Wildman–Crippen MR) is 64.2 cm³/mol. The molecule has 0 atom stereocenters. The summed E-state index contributed by atoms with van der Waals surface area (Å²) in [6.45, 7) is 0. The number of terminal acetylenes is 1. The first-order chi connectivity index (χ1) is 7.33. The molecule has 0 aliphatic rings. The van der Waals surface area contributed by atoms with Gasteiger partial charge in [-0.15, -0.1) is 6.42 Å². The van der Waals surface area contributed by atoms with Gasteiger partial charge in [-0.2, -0.15) is 0 Å². The summed E-state index contributed by atoms with van der Waals surface area (Å²) in [5, 5.41) is 0. The van der Waals surface area contributed by atoms with E-state index in [1.165, 1.54) is 0 Å². The average Bonchev–Trinajstić information content (AvgIpc) is 2.30. The van der Waals surface area contributed by atoms with Crippen LogP contribution in [-0.4, -0.2) is 0 Å².